The van der Waals surface area contributed by atoms with Crippen LogP contribution >= 0.6 is 15.9 Å². The molecule has 0 aliphatic heterocycles. The van der Waals surface area contributed by atoms with E-state index >= 15 is 0 Å². The van der Waals surface area contributed by atoms with Crippen LogP contribution in [0.4, 0.5) is 0 Å². The predicted molar refractivity (Wildman–Crippen MR) is 95.7 cm³/mol. The second-order valence-electron chi connectivity index (χ2n) is 5.62. The molecule has 3 rings (SSSR count). The molecule has 124 valence electrons. The Balaban J connectivity index is 1.73. The first kappa shape index (κ1) is 16.4. The van der Waals surface area contributed by atoms with Crippen molar-refractivity contribution < 1.29 is 4.79 Å². The summed E-state index contributed by atoms with van der Waals surface area (Å²) in [6.45, 7) is 2.26. The molecule has 0 spiro atoms. The predicted octanol–water partition coefficient (Wildman–Crippen LogP) is 2.12. The van der Waals surface area contributed by atoms with Gasteiger partial charge in [-0.15, -0.1) is 0 Å². The number of aromatic nitrogens is 3. The second kappa shape index (κ2) is 6.60. The number of fused-ring (bicyclic) bond motifs is 1. The van der Waals surface area contributed by atoms with Crippen molar-refractivity contribution in [1.82, 2.24) is 19.7 Å². The number of nitrogens with zero attached hydrogens (tertiary/aromatic N) is 3. The molecule has 0 saturated carbocycles. The number of aryl methyl sites for hydroxylation is 2. The number of hydrogen-bond donors (Lipinski definition) is 1. The molecule has 1 aromatic carbocycles. The van der Waals surface area contributed by atoms with Gasteiger partial charge in [0.15, 0.2) is 0 Å². The van der Waals surface area contributed by atoms with Crippen LogP contribution in [0.1, 0.15) is 11.3 Å². The van der Waals surface area contributed by atoms with E-state index in [9.17, 15) is 9.59 Å². The molecule has 3 aromatic rings. The molecular formula is C17H17BrN4O2. The zero-order valence-electron chi connectivity index (χ0n) is 13.4. The van der Waals surface area contributed by atoms with Gasteiger partial charge < -0.3 is 9.88 Å². The lowest BCUT2D eigenvalue weighted by Gasteiger charge is -2.08. The molecule has 2 aromatic heterocycles. The van der Waals surface area contributed by atoms with Gasteiger partial charge in [0.25, 0.3) is 5.56 Å². The standard InChI is InChI=1S/C17H17BrN4O2/c1-11-14-7-8-22(17(24)16(14)21(2)20-11)10-15(23)19-9-12-3-5-13(18)6-4-12/h3-8H,9-10H2,1-2H3,(H,19,23). The number of halogens is 1. The number of carbonyl (C=O) groups excluding carboxylic acids is 1. The summed E-state index contributed by atoms with van der Waals surface area (Å²) in [5, 5.41) is 7.89. The summed E-state index contributed by atoms with van der Waals surface area (Å²) >= 11 is 3.37. The van der Waals surface area contributed by atoms with Gasteiger partial charge in [-0.05, 0) is 30.7 Å². The van der Waals surface area contributed by atoms with E-state index in [0.29, 0.717) is 12.1 Å². The van der Waals surface area contributed by atoms with Crippen LogP contribution in [-0.2, 0) is 24.9 Å². The van der Waals surface area contributed by atoms with Crippen molar-refractivity contribution in [3.05, 3.63) is 62.6 Å². The van der Waals surface area contributed by atoms with Gasteiger partial charge in [-0.3, -0.25) is 14.3 Å². The number of hydrogen-bond acceptors (Lipinski definition) is 3. The summed E-state index contributed by atoms with van der Waals surface area (Å²) < 4.78 is 3.95. The smallest absolute Gasteiger partial charge is 0.277 e. The van der Waals surface area contributed by atoms with Crippen molar-refractivity contribution in [3.63, 3.8) is 0 Å². The molecule has 24 heavy (non-hydrogen) atoms. The summed E-state index contributed by atoms with van der Waals surface area (Å²) in [6.07, 6.45) is 1.64. The highest BCUT2D eigenvalue weighted by molar-refractivity contribution is 9.10. The number of carbonyl (C=O) groups is 1. The molecule has 0 fully saturated rings. The van der Waals surface area contributed by atoms with E-state index < -0.39 is 0 Å². The van der Waals surface area contributed by atoms with Crippen molar-refractivity contribution in [2.45, 2.75) is 20.0 Å². The fraction of sp³-hybridized carbons (Fsp3) is 0.235. The Hall–Kier alpha value is -2.41. The van der Waals surface area contributed by atoms with Crippen LogP contribution in [-0.4, -0.2) is 20.3 Å². The average Bonchev–Trinajstić information content (AvgIpc) is 2.84. The Kier molecular flexibility index (Phi) is 4.53. The van der Waals surface area contributed by atoms with Gasteiger partial charge in [0.05, 0.1) is 5.69 Å². The van der Waals surface area contributed by atoms with Crippen LogP contribution in [0.25, 0.3) is 10.9 Å². The van der Waals surface area contributed by atoms with E-state index in [0.717, 1.165) is 21.1 Å². The van der Waals surface area contributed by atoms with Crippen LogP contribution in [0.2, 0.25) is 0 Å². The number of rotatable bonds is 4. The van der Waals surface area contributed by atoms with Crippen LogP contribution in [0.15, 0.2) is 45.8 Å². The fourth-order valence-electron chi connectivity index (χ4n) is 2.63. The highest BCUT2D eigenvalue weighted by atomic mass is 79.9. The number of pyridine rings is 1. The van der Waals surface area contributed by atoms with Gasteiger partial charge in [-0.1, -0.05) is 28.1 Å². The Morgan fingerprint density at radius 1 is 1.25 bits per heavy atom. The first-order valence-corrected chi connectivity index (χ1v) is 8.29. The monoisotopic (exact) mass is 388 g/mol. The molecule has 2 heterocycles. The molecule has 0 saturated heterocycles. The van der Waals surface area contributed by atoms with Gasteiger partial charge >= 0.3 is 0 Å². The maximum Gasteiger partial charge on any atom is 0.277 e. The van der Waals surface area contributed by atoms with E-state index in [4.69, 9.17) is 0 Å². The summed E-state index contributed by atoms with van der Waals surface area (Å²) in [6, 6.07) is 9.53. The van der Waals surface area contributed by atoms with E-state index in [1.165, 1.54) is 4.57 Å². The molecule has 7 heteroatoms. The van der Waals surface area contributed by atoms with Gasteiger partial charge in [0.2, 0.25) is 5.91 Å². The summed E-state index contributed by atoms with van der Waals surface area (Å²) in [4.78, 5) is 24.7. The molecule has 0 atom stereocenters. The number of nitrogens with one attached hydrogen (secondary N) is 1. The van der Waals surface area contributed by atoms with Crippen LogP contribution in [0, 0.1) is 6.92 Å². The molecule has 0 unspecified atom stereocenters. The second-order valence-corrected chi connectivity index (χ2v) is 6.54. The van der Waals surface area contributed by atoms with E-state index in [-0.39, 0.29) is 18.0 Å². The maximum absolute atomic E-state index is 12.5. The molecule has 0 radical (unpaired) electrons. The van der Waals surface area contributed by atoms with E-state index in [1.807, 2.05) is 37.3 Å². The Morgan fingerprint density at radius 3 is 2.67 bits per heavy atom. The minimum absolute atomic E-state index is 0.0183. The maximum atomic E-state index is 12.5. The molecule has 1 N–H and O–H groups in total. The Bertz CT molecular complexity index is 957. The van der Waals surface area contributed by atoms with Crippen LogP contribution in [0.3, 0.4) is 0 Å². The van der Waals surface area contributed by atoms with Gasteiger partial charge in [0, 0.05) is 29.6 Å². The van der Waals surface area contributed by atoms with Gasteiger partial charge in [-0.25, -0.2) is 0 Å². The lowest BCUT2D eigenvalue weighted by atomic mass is 10.2. The lowest BCUT2D eigenvalue weighted by molar-refractivity contribution is -0.121. The molecular weight excluding hydrogens is 372 g/mol. The highest BCUT2D eigenvalue weighted by Gasteiger charge is 2.12. The molecule has 0 bridgehead atoms. The quantitative estimate of drug-likeness (QED) is 0.743. The minimum atomic E-state index is -0.214. The zero-order chi connectivity index (χ0) is 17.3. The highest BCUT2D eigenvalue weighted by Crippen LogP contribution is 2.13. The summed E-state index contributed by atoms with van der Waals surface area (Å²) in [5.74, 6) is -0.210. The van der Waals surface area contributed by atoms with Crippen LogP contribution < -0.4 is 10.9 Å². The Labute approximate surface area is 147 Å². The molecule has 0 aliphatic rings. The van der Waals surface area contributed by atoms with Gasteiger partial charge in [0.1, 0.15) is 12.1 Å². The van der Waals surface area contributed by atoms with Crippen molar-refractivity contribution in [3.8, 4) is 0 Å². The third-order valence-corrected chi connectivity index (χ3v) is 4.40. The van der Waals surface area contributed by atoms with E-state index in [2.05, 4.69) is 26.3 Å². The average molecular weight is 389 g/mol. The van der Waals surface area contributed by atoms with Crippen molar-refractivity contribution in [2.24, 2.45) is 7.05 Å². The third kappa shape index (κ3) is 3.26. The molecule has 1 amide bonds. The summed E-state index contributed by atoms with van der Waals surface area (Å²) in [5.41, 5.74) is 2.10. The number of amides is 1. The summed E-state index contributed by atoms with van der Waals surface area (Å²) in [7, 11) is 1.73. The zero-order valence-corrected chi connectivity index (χ0v) is 15.0. The first-order chi connectivity index (χ1) is 11.5. The first-order valence-electron chi connectivity index (χ1n) is 7.49. The topological polar surface area (TPSA) is 68.9 Å². The molecule has 0 aliphatic carbocycles. The van der Waals surface area contributed by atoms with Gasteiger partial charge in [-0.2, -0.15) is 5.10 Å². The Morgan fingerprint density at radius 2 is 1.96 bits per heavy atom. The normalized spacial score (nSPS) is 11.0. The fourth-order valence-corrected chi connectivity index (χ4v) is 2.90. The lowest BCUT2D eigenvalue weighted by Crippen LogP contribution is -2.32. The third-order valence-electron chi connectivity index (χ3n) is 3.87. The minimum Gasteiger partial charge on any atom is -0.350 e. The molecule has 6 nitrogen and oxygen atoms in total. The van der Waals surface area contributed by atoms with Crippen molar-refractivity contribution in [2.75, 3.05) is 0 Å². The van der Waals surface area contributed by atoms with E-state index in [1.54, 1.807) is 17.9 Å². The number of benzene rings is 1. The largest absolute Gasteiger partial charge is 0.350 e. The van der Waals surface area contributed by atoms with Crippen molar-refractivity contribution >= 4 is 32.7 Å². The SMILES string of the molecule is Cc1nn(C)c2c(=O)n(CC(=O)NCc3ccc(Br)cc3)ccc12. The van der Waals surface area contributed by atoms with Crippen LogP contribution in [0.5, 0.6) is 0 Å². The van der Waals surface area contributed by atoms with Crippen molar-refractivity contribution in [1.29, 1.82) is 0 Å².